The summed E-state index contributed by atoms with van der Waals surface area (Å²) in [5.74, 6) is 2.98. The summed E-state index contributed by atoms with van der Waals surface area (Å²) in [6.45, 7) is 5.71. The Morgan fingerprint density at radius 3 is 2.71 bits per heavy atom. The van der Waals surface area contributed by atoms with Crippen LogP contribution >= 0.6 is 24.0 Å². The lowest BCUT2D eigenvalue weighted by atomic mass is 10.2. The molecular weight excluding hydrogens is 384 g/mol. The minimum atomic E-state index is -0.374. The number of halogens is 2. The number of nitrogens with one attached hydrogen (secondary N) is 2. The largest absolute Gasteiger partial charge is 0.491 e. The second-order valence-corrected chi connectivity index (χ2v) is 3.95. The van der Waals surface area contributed by atoms with Crippen molar-refractivity contribution < 1.29 is 9.13 Å². The minimum Gasteiger partial charge on any atom is -0.491 e. The van der Waals surface area contributed by atoms with Crippen LogP contribution in [0.5, 0.6) is 5.75 Å². The van der Waals surface area contributed by atoms with E-state index in [1.807, 2.05) is 13.8 Å². The van der Waals surface area contributed by atoms with Crippen LogP contribution in [0.25, 0.3) is 0 Å². The van der Waals surface area contributed by atoms with E-state index in [0.717, 1.165) is 12.1 Å². The monoisotopic (exact) mass is 405 g/mol. The molecular formula is C15H21FIN3O. The molecule has 21 heavy (non-hydrogen) atoms. The first-order valence-corrected chi connectivity index (χ1v) is 6.58. The third kappa shape index (κ3) is 7.18. The molecule has 116 valence electrons. The van der Waals surface area contributed by atoms with Gasteiger partial charge >= 0.3 is 0 Å². The zero-order valence-electron chi connectivity index (χ0n) is 12.3. The molecule has 0 amide bonds. The molecule has 1 aromatic rings. The summed E-state index contributed by atoms with van der Waals surface area (Å²) in [6, 6.07) is 4.84. The van der Waals surface area contributed by atoms with Gasteiger partial charge in [-0.15, -0.1) is 30.4 Å². The molecule has 0 fully saturated rings. The summed E-state index contributed by atoms with van der Waals surface area (Å²) in [5.41, 5.74) is 0.767. The van der Waals surface area contributed by atoms with Crippen molar-refractivity contribution in [3.8, 4) is 18.1 Å². The number of guanidine groups is 1. The molecule has 0 saturated carbocycles. The lowest BCUT2D eigenvalue weighted by Gasteiger charge is -2.09. The van der Waals surface area contributed by atoms with Gasteiger partial charge in [0, 0.05) is 6.54 Å². The summed E-state index contributed by atoms with van der Waals surface area (Å²) in [6.07, 6.45) is 5.19. The highest BCUT2D eigenvalue weighted by atomic mass is 127. The second-order valence-electron chi connectivity index (χ2n) is 3.95. The van der Waals surface area contributed by atoms with Crippen molar-refractivity contribution in [3.05, 3.63) is 29.6 Å². The zero-order valence-corrected chi connectivity index (χ0v) is 14.6. The minimum absolute atomic E-state index is 0. The van der Waals surface area contributed by atoms with Crippen LogP contribution in [0.4, 0.5) is 4.39 Å². The number of terminal acetylenes is 1. The van der Waals surface area contributed by atoms with Crippen molar-refractivity contribution in [2.24, 2.45) is 4.99 Å². The molecule has 0 bridgehead atoms. The Labute approximate surface area is 142 Å². The summed E-state index contributed by atoms with van der Waals surface area (Å²) in [5, 5.41) is 6.03. The van der Waals surface area contributed by atoms with Crippen LogP contribution in [0.3, 0.4) is 0 Å². The number of hydrogen-bond acceptors (Lipinski definition) is 2. The van der Waals surface area contributed by atoms with Crippen molar-refractivity contribution in [2.45, 2.75) is 20.4 Å². The highest BCUT2D eigenvalue weighted by molar-refractivity contribution is 14.0. The van der Waals surface area contributed by atoms with E-state index in [2.05, 4.69) is 21.5 Å². The molecule has 0 saturated heterocycles. The van der Waals surface area contributed by atoms with Gasteiger partial charge in [-0.2, -0.15) is 0 Å². The summed E-state index contributed by atoms with van der Waals surface area (Å²) < 4.78 is 18.8. The molecule has 0 aromatic heterocycles. The fourth-order valence-electron chi connectivity index (χ4n) is 1.56. The van der Waals surface area contributed by atoms with Crippen LogP contribution in [-0.2, 0) is 6.54 Å². The maximum absolute atomic E-state index is 13.7. The van der Waals surface area contributed by atoms with Gasteiger partial charge in [0.1, 0.15) is 0 Å². The van der Waals surface area contributed by atoms with E-state index in [9.17, 15) is 4.39 Å². The van der Waals surface area contributed by atoms with Crippen LogP contribution in [0, 0.1) is 18.2 Å². The van der Waals surface area contributed by atoms with E-state index in [1.54, 1.807) is 12.1 Å². The van der Waals surface area contributed by atoms with E-state index in [1.165, 1.54) is 6.07 Å². The fraction of sp³-hybridized carbons (Fsp3) is 0.400. The topological polar surface area (TPSA) is 45.7 Å². The average molecular weight is 405 g/mol. The SMILES string of the molecule is C#CCNC(=NCc1ccc(OCC)c(F)c1)NCC.I. The standard InChI is InChI=1S/C15H20FN3O.HI/c1-4-9-18-15(17-5-2)19-11-12-7-8-14(20-6-3)13(16)10-12;/h1,7-8,10H,5-6,9,11H2,2-3H3,(H2,17,18,19);1H. The van der Waals surface area contributed by atoms with Crippen molar-refractivity contribution in [2.75, 3.05) is 19.7 Å². The zero-order chi connectivity index (χ0) is 14.8. The normalized spacial score (nSPS) is 10.3. The first kappa shape index (κ1) is 19.5. The van der Waals surface area contributed by atoms with E-state index in [-0.39, 0.29) is 35.5 Å². The Bertz CT molecular complexity index is 500. The second kappa shape index (κ2) is 11.2. The third-order valence-corrected chi connectivity index (χ3v) is 2.42. The van der Waals surface area contributed by atoms with E-state index in [4.69, 9.17) is 11.2 Å². The van der Waals surface area contributed by atoms with Gasteiger partial charge in [0.2, 0.25) is 0 Å². The maximum Gasteiger partial charge on any atom is 0.192 e. The summed E-state index contributed by atoms with van der Waals surface area (Å²) >= 11 is 0. The molecule has 0 aliphatic heterocycles. The molecule has 0 radical (unpaired) electrons. The number of aliphatic imine (C=N–C) groups is 1. The molecule has 0 heterocycles. The van der Waals surface area contributed by atoms with Crippen molar-refractivity contribution in [3.63, 3.8) is 0 Å². The van der Waals surface area contributed by atoms with Crippen LogP contribution in [0.2, 0.25) is 0 Å². The molecule has 6 heteroatoms. The van der Waals surface area contributed by atoms with Crippen molar-refractivity contribution in [1.82, 2.24) is 10.6 Å². The van der Waals surface area contributed by atoms with Gasteiger partial charge < -0.3 is 15.4 Å². The average Bonchev–Trinajstić information content (AvgIpc) is 2.45. The summed E-state index contributed by atoms with van der Waals surface area (Å²) in [7, 11) is 0. The van der Waals surface area contributed by atoms with Gasteiger partial charge in [0.05, 0.1) is 19.7 Å². The van der Waals surface area contributed by atoms with Gasteiger partial charge in [-0.1, -0.05) is 12.0 Å². The lowest BCUT2D eigenvalue weighted by Crippen LogP contribution is -2.37. The molecule has 0 aliphatic carbocycles. The van der Waals surface area contributed by atoms with E-state index < -0.39 is 0 Å². The summed E-state index contributed by atoms with van der Waals surface area (Å²) in [4.78, 5) is 4.33. The van der Waals surface area contributed by atoms with Crippen LogP contribution in [0.15, 0.2) is 23.2 Å². The number of rotatable bonds is 6. The van der Waals surface area contributed by atoms with Gasteiger partial charge in [0.15, 0.2) is 17.5 Å². The lowest BCUT2D eigenvalue weighted by molar-refractivity contribution is 0.321. The molecule has 4 nitrogen and oxygen atoms in total. The molecule has 0 aliphatic rings. The number of ether oxygens (including phenoxy) is 1. The van der Waals surface area contributed by atoms with Crippen molar-refractivity contribution in [1.29, 1.82) is 0 Å². The predicted octanol–water partition coefficient (Wildman–Crippen LogP) is 2.53. The third-order valence-electron chi connectivity index (χ3n) is 2.42. The number of nitrogens with zero attached hydrogens (tertiary/aromatic N) is 1. The first-order valence-electron chi connectivity index (χ1n) is 6.58. The smallest absolute Gasteiger partial charge is 0.192 e. The molecule has 2 N–H and O–H groups in total. The number of hydrogen-bond donors (Lipinski definition) is 2. The van der Waals surface area contributed by atoms with Gasteiger partial charge in [0.25, 0.3) is 0 Å². The Kier molecular flexibility index (Phi) is 10.4. The molecule has 0 atom stereocenters. The fourth-order valence-corrected chi connectivity index (χ4v) is 1.56. The van der Waals surface area contributed by atoms with Crippen LogP contribution in [-0.4, -0.2) is 25.7 Å². The molecule has 0 unspecified atom stereocenters. The Hall–Kier alpha value is -1.49. The van der Waals surface area contributed by atoms with Crippen LogP contribution in [0.1, 0.15) is 19.4 Å². The Morgan fingerprint density at radius 2 is 2.14 bits per heavy atom. The Balaban J connectivity index is 0.00000400. The maximum atomic E-state index is 13.7. The first-order chi connectivity index (χ1) is 9.71. The predicted molar refractivity (Wildman–Crippen MR) is 94.6 cm³/mol. The quantitative estimate of drug-likeness (QED) is 0.331. The number of benzene rings is 1. The van der Waals surface area contributed by atoms with Crippen molar-refractivity contribution >= 4 is 29.9 Å². The highest BCUT2D eigenvalue weighted by Crippen LogP contribution is 2.18. The van der Waals surface area contributed by atoms with Gasteiger partial charge in [-0.25, -0.2) is 9.38 Å². The Morgan fingerprint density at radius 1 is 1.38 bits per heavy atom. The highest BCUT2D eigenvalue weighted by Gasteiger charge is 2.04. The molecule has 0 spiro atoms. The van der Waals surface area contributed by atoms with E-state index >= 15 is 0 Å². The molecule has 1 aromatic carbocycles. The molecule has 1 rings (SSSR count). The van der Waals surface area contributed by atoms with Gasteiger partial charge in [-0.3, -0.25) is 0 Å². The van der Waals surface area contributed by atoms with E-state index in [0.29, 0.717) is 25.7 Å². The van der Waals surface area contributed by atoms with Gasteiger partial charge in [-0.05, 0) is 31.5 Å². The van der Waals surface area contributed by atoms with Crippen LogP contribution < -0.4 is 15.4 Å².